The number of hydrogen-bond acceptors (Lipinski definition) is 2. The third-order valence-corrected chi connectivity index (χ3v) is 5.27. The van der Waals surface area contributed by atoms with Crippen LogP contribution in [0.4, 0.5) is 5.69 Å². The van der Waals surface area contributed by atoms with Crippen LogP contribution >= 0.6 is 0 Å². The normalized spacial score (nSPS) is 31.3. The van der Waals surface area contributed by atoms with Gasteiger partial charge in [-0.15, -0.1) is 0 Å². The molecule has 2 aliphatic rings. The molecular formula is C19H30N2. The van der Waals surface area contributed by atoms with Gasteiger partial charge in [-0.25, -0.2) is 0 Å². The lowest BCUT2D eigenvalue weighted by Crippen LogP contribution is -2.48. The van der Waals surface area contributed by atoms with Crippen molar-refractivity contribution in [3.05, 3.63) is 30.3 Å². The van der Waals surface area contributed by atoms with E-state index in [4.69, 9.17) is 0 Å². The van der Waals surface area contributed by atoms with E-state index in [0.717, 1.165) is 23.9 Å². The maximum absolute atomic E-state index is 3.96. The molecule has 1 aromatic carbocycles. The molecule has 0 aromatic heterocycles. The molecule has 0 radical (unpaired) electrons. The fraction of sp³-hybridized carbons (Fsp3) is 0.684. The Morgan fingerprint density at radius 2 is 1.48 bits per heavy atom. The minimum absolute atomic E-state index is 0.729. The van der Waals surface area contributed by atoms with Crippen molar-refractivity contribution in [1.29, 1.82) is 0 Å². The number of para-hydroxylation sites is 1. The van der Waals surface area contributed by atoms with Gasteiger partial charge in [0.15, 0.2) is 0 Å². The lowest BCUT2D eigenvalue weighted by atomic mass is 9.80. The molecule has 3 rings (SSSR count). The average molecular weight is 286 g/mol. The molecule has 1 N–H and O–H groups in total. The molecule has 0 amide bonds. The van der Waals surface area contributed by atoms with Crippen molar-refractivity contribution in [2.45, 2.75) is 58.0 Å². The van der Waals surface area contributed by atoms with Crippen LogP contribution < -0.4 is 10.2 Å². The van der Waals surface area contributed by atoms with Crippen molar-refractivity contribution in [2.24, 2.45) is 11.8 Å². The molecule has 1 saturated carbocycles. The molecule has 2 atom stereocenters. The number of piperidine rings is 1. The zero-order valence-electron chi connectivity index (χ0n) is 13.6. The molecule has 21 heavy (non-hydrogen) atoms. The molecular weight excluding hydrogens is 256 g/mol. The number of rotatable bonds is 3. The van der Waals surface area contributed by atoms with E-state index < -0.39 is 0 Å². The molecule has 2 unspecified atom stereocenters. The minimum Gasteiger partial charge on any atom is -0.371 e. The Hall–Kier alpha value is -1.02. The fourth-order valence-electron chi connectivity index (χ4n) is 4.36. The third kappa shape index (κ3) is 4.00. The SMILES string of the molecule is CC1CC(C)CC(NC2CCN(c3ccccc3)CC2)C1. The van der Waals surface area contributed by atoms with Gasteiger partial charge in [-0.05, 0) is 56.1 Å². The van der Waals surface area contributed by atoms with E-state index in [2.05, 4.69) is 54.4 Å². The Balaban J connectivity index is 1.48. The summed E-state index contributed by atoms with van der Waals surface area (Å²) in [7, 11) is 0. The molecule has 1 heterocycles. The summed E-state index contributed by atoms with van der Waals surface area (Å²) in [4.78, 5) is 2.53. The van der Waals surface area contributed by atoms with Crippen molar-refractivity contribution >= 4 is 5.69 Å². The highest BCUT2D eigenvalue weighted by atomic mass is 15.1. The van der Waals surface area contributed by atoms with Gasteiger partial charge in [-0.2, -0.15) is 0 Å². The summed E-state index contributed by atoms with van der Waals surface area (Å²) < 4.78 is 0. The third-order valence-electron chi connectivity index (χ3n) is 5.27. The Kier molecular flexibility index (Phi) is 4.84. The van der Waals surface area contributed by atoms with Crippen molar-refractivity contribution in [2.75, 3.05) is 18.0 Å². The topological polar surface area (TPSA) is 15.3 Å². The van der Waals surface area contributed by atoms with Crippen LogP contribution in [0.3, 0.4) is 0 Å². The number of benzene rings is 1. The van der Waals surface area contributed by atoms with Gasteiger partial charge in [0.25, 0.3) is 0 Å². The van der Waals surface area contributed by atoms with E-state index in [9.17, 15) is 0 Å². The van der Waals surface area contributed by atoms with Gasteiger partial charge in [0.1, 0.15) is 0 Å². The Labute approximate surface area is 129 Å². The fourth-order valence-corrected chi connectivity index (χ4v) is 4.36. The second-order valence-electron chi connectivity index (χ2n) is 7.38. The Morgan fingerprint density at radius 3 is 2.10 bits per heavy atom. The number of nitrogens with zero attached hydrogens (tertiary/aromatic N) is 1. The highest BCUT2D eigenvalue weighted by Crippen LogP contribution is 2.29. The van der Waals surface area contributed by atoms with Crippen LogP contribution in [-0.4, -0.2) is 25.2 Å². The second-order valence-corrected chi connectivity index (χ2v) is 7.38. The first-order valence-corrected chi connectivity index (χ1v) is 8.76. The lowest BCUT2D eigenvalue weighted by Gasteiger charge is -2.39. The van der Waals surface area contributed by atoms with E-state index in [-0.39, 0.29) is 0 Å². The molecule has 1 saturated heterocycles. The van der Waals surface area contributed by atoms with Gasteiger partial charge in [0.05, 0.1) is 0 Å². The van der Waals surface area contributed by atoms with Gasteiger partial charge in [-0.3, -0.25) is 0 Å². The Morgan fingerprint density at radius 1 is 0.857 bits per heavy atom. The predicted octanol–water partition coefficient (Wildman–Crippen LogP) is 4.07. The van der Waals surface area contributed by atoms with Crippen LogP contribution in [0.1, 0.15) is 46.0 Å². The molecule has 1 aromatic rings. The summed E-state index contributed by atoms with van der Waals surface area (Å²) in [5.74, 6) is 1.80. The molecule has 1 aliphatic heterocycles. The van der Waals surface area contributed by atoms with Crippen molar-refractivity contribution in [3.63, 3.8) is 0 Å². The van der Waals surface area contributed by atoms with Crippen LogP contribution in [0.2, 0.25) is 0 Å². The first-order valence-electron chi connectivity index (χ1n) is 8.76. The van der Waals surface area contributed by atoms with E-state index in [1.165, 1.54) is 50.9 Å². The van der Waals surface area contributed by atoms with E-state index in [0.29, 0.717) is 0 Å². The van der Waals surface area contributed by atoms with Crippen molar-refractivity contribution in [3.8, 4) is 0 Å². The molecule has 116 valence electrons. The highest BCUT2D eigenvalue weighted by Gasteiger charge is 2.27. The van der Waals surface area contributed by atoms with Gasteiger partial charge in [-0.1, -0.05) is 32.0 Å². The first-order chi connectivity index (χ1) is 10.2. The van der Waals surface area contributed by atoms with Gasteiger partial charge >= 0.3 is 0 Å². The minimum atomic E-state index is 0.729. The largest absolute Gasteiger partial charge is 0.371 e. The highest BCUT2D eigenvalue weighted by molar-refractivity contribution is 5.46. The van der Waals surface area contributed by atoms with E-state index in [1.807, 2.05) is 0 Å². The molecule has 1 aliphatic carbocycles. The van der Waals surface area contributed by atoms with E-state index >= 15 is 0 Å². The van der Waals surface area contributed by atoms with Gasteiger partial charge in [0.2, 0.25) is 0 Å². The number of anilines is 1. The van der Waals surface area contributed by atoms with Crippen LogP contribution in [0.5, 0.6) is 0 Å². The molecule has 2 nitrogen and oxygen atoms in total. The first kappa shape index (κ1) is 14.9. The zero-order valence-corrected chi connectivity index (χ0v) is 13.6. The van der Waals surface area contributed by atoms with Crippen LogP contribution in [0, 0.1) is 11.8 Å². The second kappa shape index (κ2) is 6.83. The van der Waals surface area contributed by atoms with Gasteiger partial charge in [0, 0.05) is 30.9 Å². The summed E-state index contributed by atoms with van der Waals surface area (Å²) in [6.07, 6.45) is 6.75. The van der Waals surface area contributed by atoms with Gasteiger partial charge < -0.3 is 10.2 Å². The van der Waals surface area contributed by atoms with Crippen molar-refractivity contribution < 1.29 is 0 Å². The van der Waals surface area contributed by atoms with Crippen LogP contribution in [0.15, 0.2) is 30.3 Å². The monoisotopic (exact) mass is 286 g/mol. The molecule has 0 spiro atoms. The molecule has 0 bridgehead atoms. The van der Waals surface area contributed by atoms with Crippen LogP contribution in [-0.2, 0) is 0 Å². The summed E-state index contributed by atoms with van der Waals surface area (Å²) >= 11 is 0. The van der Waals surface area contributed by atoms with Crippen LogP contribution in [0.25, 0.3) is 0 Å². The quantitative estimate of drug-likeness (QED) is 0.901. The smallest absolute Gasteiger partial charge is 0.0366 e. The number of hydrogen-bond donors (Lipinski definition) is 1. The summed E-state index contributed by atoms with van der Waals surface area (Å²) in [5.41, 5.74) is 1.39. The van der Waals surface area contributed by atoms with E-state index in [1.54, 1.807) is 0 Å². The summed E-state index contributed by atoms with van der Waals surface area (Å²) in [6.45, 7) is 7.23. The average Bonchev–Trinajstić information content (AvgIpc) is 2.48. The zero-order chi connectivity index (χ0) is 14.7. The standard InChI is InChI=1S/C19H30N2/c1-15-12-16(2)14-18(13-15)20-17-8-10-21(11-9-17)19-6-4-3-5-7-19/h3-7,15-18,20H,8-14H2,1-2H3. The number of nitrogens with one attached hydrogen (secondary N) is 1. The molecule has 2 heteroatoms. The molecule has 2 fully saturated rings. The predicted molar refractivity (Wildman–Crippen MR) is 90.8 cm³/mol. The van der Waals surface area contributed by atoms with Crippen molar-refractivity contribution in [1.82, 2.24) is 5.32 Å². The Bertz CT molecular complexity index is 412. The maximum atomic E-state index is 3.96. The lowest BCUT2D eigenvalue weighted by molar-refractivity contribution is 0.217. The summed E-state index contributed by atoms with van der Waals surface area (Å²) in [5, 5.41) is 3.96. The maximum Gasteiger partial charge on any atom is 0.0366 e. The summed E-state index contributed by atoms with van der Waals surface area (Å²) in [6, 6.07) is 12.3.